The third kappa shape index (κ3) is 1.97. The molecule has 0 radical (unpaired) electrons. The van der Waals surface area contributed by atoms with Crippen molar-refractivity contribution in [3.05, 3.63) is 0 Å². The normalized spacial score (nSPS) is 34.2. The van der Waals surface area contributed by atoms with Crippen molar-refractivity contribution in [3.8, 4) is 0 Å². The van der Waals surface area contributed by atoms with E-state index in [-0.39, 0.29) is 0 Å². The van der Waals surface area contributed by atoms with Crippen molar-refractivity contribution >= 4 is 10.9 Å². The van der Waals surface area contributed by atoms with Gasteiger partial charge in [0.05, 0.1) is 6.26 Å². The van der Waals surface area contributed by atoms with E-state index in [4.69, 9.17) is 0 Å². The Bertz CT molecular complexity index is 140. The summed E-state index contributed by atoms with van der Waals surface area (Å²) in [4.78, 5) is 2.75. The number of nitrogens with zero attached hydrogens (tertiary/aromatic N) is 1. The highest BCUT2D eigenvalue weighted by Crippen LogP contribution is 2.25. The van der Waals surface area contributed by atoms with Gasteiger partial charge in [-0.05, 0) is 12.8 Å². The zero-order valence-corrected chi connectivity index (χ0v) is 8.91. The van der Waals surface area contributed by atoms with Crippen LogP contribution in [0.1, 0.15) is 32.1 Å². The second-order valence-corrected chi connectivity index (χ2v) is 6.45. The molecule has 2 heteroatoms. The maximum Gasteiger partial charge on any atom is 0.162 e. The lowest BCUT2D eigenvalue weighted by molar-refractivity contribution is 0.201. The van der Waals surface area contributed by atoms with Crippen LogP contribution in [0.5, 0.6) is 0 Å². The van der Waals surface area contributed by atoms with Gasteiger partial charge in [-0.25, -0.2) is 0 Å². The minimum atomic E-state index is 0.721. The summed E-state index contributed by atoms with van der Waals surface area (Å²) in [6.07, 6.45) is 9.84. The minimum absolute atomic E-state index is 0.721. The van der Waals surface area contributed by atoms with Crippen LogP contribution in [0.15, 0.2) is 0 Å². The minimum Gasteiger partial charge on any atom is -0.254 e. The third-order valence-corrected chi connectivity index (χ3v) is 4.86. The molecule has 1 heterocycles. The molecular weight excluding hydrogens is 166 g/mol. The lowest BCUT2D eigenvalue weighted by atomic mass is 9.95. The van der Waals surface area contributed by atoms with Crippen LogP contribution in [-0.2, 0) is 10.9 Å². The van der Waals surface area contributed by atoms with Gasteiger partial charge in [0, 0.05) is 23.5 Å². The van der Waals surface area contributed by atoms with Crippen LogP contribution in [0, 0.1) is 0 Å². The van der Waals surface area contributed by atoms with E-state index in [0.717, 1.165) is 16.9 Å². The first kappa shape index (κ1) is 8.89. The van der Waals surface area contributed by atoms with Gasteiger partial charge in [-0.1, -0.05) is 19.3 Å². The summed E-state index contributed by atoms with van der Waals surface area (Å²) >= 11 is 0. The molecule has 2 aliphatic rings. The van der Waals surface area contributed by atoms with Crippen LogP contribution in [-0.4, -0.2) is 35.4 Å². The van der Waals surface area contributed by atoms with Gasteiger partial charge >= 0.3 is 0 Å². The van der Waals surface area contributed by atoms with Gasteiger partial charge in [0.15, 0.2) is 5.88 Å². The van der Waals surface area contributed by atoms with Gasteiger partial charge in [-0.15, -0.1) is 0 Å². The second kappa shape index (κ2) is 4.01. The van der Waals surface area contributed by atoms with Crippen molar-refractivity contribution in [3.63, 3.8) is 0 Å². The monoisotopic (exact) mass is 186 g/mol. The summed E-state index contributed by atoms with van der Waals surface area (Å²) in [7, 11) is 0.721. The molecule has 1 aliphatic heterocycles. The molecule has 12 heavy (non-hydrogen) atoms. The fourth-order valence-corrected chi connectivity index (χ4v) is 4.00. The maximum atomic E-state index is 2.75. The van der Waals surface area contributed by atoms with E-state index in [2.05, 4.69) is 11.2 Å². The molecule has 1 saturated heterocycles. The van der Waals surface area contributed by atoms with E-state index in [1.54, 1.807) is 0 Å². The summed E-state index contributed by atoms with van der Waals surface area (Å²) in [5.74, 6) is 2.88. The van der Waals surface area contributed by atoms with Gasteiger partial charge in [0.2, 0.25) is 0 Å². The average molecular weight is 186 g/mol. The first-order chi connectivity index (χ1) is 5.86. The molecule has 2 fully saturated rings. The fraction of sp³-hybridized carbons (Fsp3) is 1.00. The highest BCUT2D eigenvalue weighted by Gasteiger charge is 2.31. The van der Waals surface area contributed by atoms with E-state index in [0.29, 0.717) is 0 Å². The molecule has 2 rings (SSSR count). The van der Waals surface area contributed by atoms with Crippen LogP contribution in [0.25, 0.3) is 0 Å². The van der Waals surface area contributed by atoms with E-state index >= 15 is 0 Å². The van der Waals surface area contributed by atoms with Crippen molar-refractivity contribution in [2.45, 2.75) is 38.1 Å². The first-order valence-electron chi connectivity index (χ1n) is 5.19. The van der Waals surface area contributed by atoms with E-state index in [1.807, 2.05) is 0 Å². The molecule has 1 saturated carbocycles. The second-order valence-electron chi connectivity index (χ2n) is 4.22. The smallest absolute Gasteiger partial charge is 0.162 e. The van der Waals surface area contributed by atoms with Crippen LogP contribution in [0.2, 0.25) is 0 Å². The van der Waals surface area contributed by atoms with Crippen molar-refractivity contribution in [1.82, 2.24) is 4.90 Å². The first-order valence-corrected chi connectivity index (χ1v) is 7.16. The Hall–Kier alpha value is 0.310. The van der Waals surface area contributed by atoms with E-state index < -0.39 is 0 Å². The Kier molecular flexibility index (Phi) is 2.97. The molecule has 0 aromatic heterocycles. The summed E-state index contributed by atoms with van der Waals surface area (Å²) in [6, 6.07) is 0.969. The number of hydrogen-bond donors (Lipinski definition) is 0. The molecule has 0 spiro atoms. The maximum absolute atomic E-state index is 2.75. The highest BCUT2D eigenvalue weighted by molar-refractivity contribution is 7.96. The van der Waals surface area contributed by atoms with E-state index in [9.17, 15) is 0 Å². The quantitative estimate of drug-likeness (QED) is 0.565. The molecule has 0 N–H and O–H groups in total. The zero-order valence-electron chi connectivity index (χ0n) is 8.09. The summed E-state index contributed by atoms with van der Waals surface area (Å²) in [6.45, 7) is 1.39. The average Bonchev–Trinajstić information content (AvgIpc) is 2.54. The molecule has 70 valence electrons. The Morgan fingerprint density at radius 2 is 1.92 bits per heavy atom. The Morgan fingerprint density at radius 3 is 2.50 bits per heavy atom. The Morgan fingerprint density at radius 1 is 1.17 bits per heavy atom. The number of rotatable bonds is 1. The van der Waals surface area contributed by atoms with Gasteiger partial charge in [-0.2, -0.15) is 0 Å². The standard InChI is InChI=1S/C10H20NS/c1-12-8-7-11(9-12)10-5-3-2-4-6-10/h10H,2-9H2,1H3/q+1. The topological polar surface area (TPSA) is 3.24 Å². The molecule has 1 aliphatic carbocycles. The molecule has 0 aromatic rings. The van der Waals surface area contributed by atoms with Crippen molar-refractivity contribution < 1.29 is 0 Å². The highest BCUT2D eigenvalue weighted by atomic mass is 32.2. The molecule has 0 amide bonds. The Labute approximate surface area is 78.9 Å². The molecule has 1 nitrogen and oxygen atoms in total. The molecule has 1 atom stereocenters. The molecule has 0 bridgehead atoms. The summed E-state index contributed by atoms with van der Waals surface area (Å²) < 4.78 is 0. The fourth-order valence-electron chi connectivity index (χ4n) is 2.42. The van der Waals surface area contributed by atoms with Crippen molar-refractivity contribution in [2.75, 3.05) is 24.4 Å². The van der Waals surface area contributed by atoms with Crippen LogP contribution in [0.4, 0.5) is 0 Å². The van der Waals surface area contributed by atoms with E-state index in [1.165, 1.54) is 50.3 Å². The van der Waals surface area contributed by atoms with Gasteiger partial charge < -0.3 is 0 Å². The van der Waals surface area contributed by atoms with Crippen LogP contribution < -0.4 is 0 Å². The predicted octanol–water partition coefficient (Wildman–Crippen LogP) is 1.84. The number of hydrogen-bond acceptors (Lipinski definition) is 1. The van der Waals surface area contributed by atoms with Gasteiger partial charge in [-0.3, -0.25) is 4.90 Å². The lowest BCUT2D eigenvalue weighted by Gasteiger charge is -2.28. The molecule has 0 aromatic carbocycles. The Balaban J connectivity index is 1.83. The van der Waals surface area contributed by atoms with Crippen LogP contribution >= 0.6 is 0 Å². The van der Waals surface area contributed by atoms with Gasteiger partial charge in [0.25, 0.3) is 0 Å². The molecule has 1 unspecified atom stereocenters. The van der Waals surface area contributed by atoms with Gasteiger partial charge in [0.1, 0.15) is 5.75 Å². The van der Waals surface area contributed by atoms with Crippen molar-refractivity contribution in [2.24, 2.45) is 0 Å². The predicted molar refractivity (Wildman–Crippen MR) is 56.6 cm³/mol. The van der Waals surface area contributed by atoms with Crippen LogP contribution in [0.3, 0.4) is 0 Å². The largest absolute Gasteiger partial charge is 0.254 e. The van der Waals surface area contributed by atoms with Crippen molar-refractivity contribution in [1.29, 1.82) is 0 Å². The third-order valence-electron chi connectivity index (χ3n) is 3.20. The SMILES string of the molecule is C[S+]1CCN(C2CCCCC2)C1. The molecular formula is C10H20NS+. The summed E-state index contributed by atoms with van der Waals surface area (Å²) in [5.41, 5.74) is 0. The lowest BCUT2D eigenvalue weighted by Crippen LogP contribution is -2.34. The zero-order chi connectivity index (χ0) is 8.39. The summed E-state index contributed by atoms with van der Waals surface area (Å²) in [5, 5.41) is 0.